The Morgan fingerprint density at radius 2 is 1.45 bits per heavy atom. The van der Waals surface area contributed by atoms with Gasteiger partial charge in [-0.25, -0.2) is 14.4 Å². The van der Waals surface area contributed by atoms with Gasteiger partial charge in [0, 0.05) is 6.54 Å². The molecule has 0 aliphatic heterocycles. The predicted octanol–water partition coefficient (Wildman–Crippen LogP) is 5.63. The summed E-state index contributed by atoms with van der Waals surface area (Å²) in [7, 11) is 0. The number of rotatable bonds is 13. The van der Waals surface area contributed by atoms with E-state index in [2.05, 4.69) is 5.32 Å². The molecule has 0 fully saturated rings. The standard InChI is InChI=1S/C28H43NO11/c1-9-10-11-14-35-24(32)36-18(2)17-29-20(23(30)31)15-19-12-13-21(37-25(33)39-27(3,4)5)22(16-19)38-26(34)40-28(6,7)8/h12-13,16,18,20,29H,9-11,14-15,17H2,1-8H3,(H,30,31)/t18?,20-/m0/s1. The molecule has 1 aromatic carbocycles. The number of carboxylic acid groups (broad SMARTS) is 1. The number of carbonyl (C=O) groups is 4. The van der Waals surface area contributed by atoms with Crippen molar-refractivity contribution in [2.24, 2.45) is 0 Å². The van der Waals surface area contributed by atoms with E-state index in [1.807, 2.05) is 6.92 Å². The number of hydrogen-bond acceptors (Lipinski definition) is 11. The molecule has 0 bridgehead atoms. The fourth-order valence-electron chi connectivity index (χ4n) is 3.10. The largest absolute Gasteiger partial charge is 0.514 e. The summed E-state index contributed by atoms with van der Waals surface area (Å²) >= 11 is 0. The lowest BCUT2D eigenvalue weighted by Gasteiger charge is -2.21. The van der Waals surface area contributed by atoms with Gasteiger partial charge in [-0.15, -0.1) is 0 Å². The fraction of sp³-hybridized carbons (Fsp3) is 0.643. The van der Waals surface area contributed by atoms with Crippen LogP contribution in [0.5, 0.6) is 11.5 Å². The SMILES string of the molecule is CCCCCOC(=O)OC(C)CN[C@@H](Cc1ccc(OC(=O)OC(C)(C)C)c(OC(=O)OC(C)(C)C)c1)C(=O)O. The van der Waals surface area contributed by atoms with Gasteiger partial charge >= 0.3 is 24.4 Å². The highest BCUT2D eigenvalue weighted by molar-refractivity contribution is 5.74. The van der Waals surface area contributed by atoms with Gasteiger partial charge in [-0.1, -0.05) is 25.8 Å². The summed E-state index contributed by atoms with van der Waals surface area (Å²) in [6.45, 7) is 13.9. The fourth-order valence-corrected chi connectivity index (χ4v) is 3.10. The molecule has 0 aliphatic rings. The highest BCUT2D eigenvalue weighted by Gasteiger charge is 2.25. The highest BCUT2D eigenvalue weighted by Crippen LogP contribution is 2.31. The van der Waals surface area contributed by atoms with E-state index in [0.29, 0.717) is 5.56 Å². The molecule has 1 unspecified atom stereocenters. The topological polar surface area (TPSA) is 156 Å². The van der Waals surface area contributed by atoms with Crippen LogP contribution in [0.3, 0.4) is 0 Å². The van der Waals surface area contributed by atoms with Crippen LogP contribution in [0.1, 0.15) is 80.2 Å². The minimum absolute atomic E-state index is 0.0408. The van der Waals surface area contributed by atoms with Crippen LogP contribution in [0.15, 0.2) is 18.2 Å². The van der Waals surface area contributed by atoms with Gasteiger partial charge < -0.3 is 38.8 Å². The quantitative estimate of drug-likeness (QED) is 0.131. The van der Waals surface area contributed by atoms with E-state index in [4.69, 9.17) is 28.4 Å². The van der Waals surface area contributed by atoms with E-state index in [9.17, 15) is 24.3 Å². The molecule has 2 atom stereocenters. The predicted molar refractivity (Wildman–Crippen MR) is 145 cm³/mol. The Morgan fingerprint density at radius 3 is 1.98 bits per heavy atom. The summed E-state index contributed by atoms with van der Waals surface area (Å²) in [5.41, 5.74) is -1.23. The second kappa shape index (κ2) is 15.9. The summed E-state index contributed by atoms with van der Waals surface area (Å²) in [5, 5.41) is 12.6. The Kier molecular flexibility index (Phi) is 13.7. The van der Waals surface area contributed by atoms with E-state index in [0.717, 1.165) is 19.3 Å². The third kappa shape index (κ3) is 15.2. The normalized spacial score (nSPS) is 13.0. The van der Waals surface area contributed by atoms with Crippen LogP contribution in [0.2, 0.25) is 0 Å². The molecule has 0 spiro atoms. The first-order chi connectivity index (χ1) is 18.5. The van der Waals surface area contributed by atoms with Crippen molar-refractivity contribution in [3.8, 4) is 11.5 Å². The molecule has 0 radical (unpaired) electrons. The van der Waals surface area contributed by atoms with E-state index >= 15 is 0 Å². The van der Waals surface area contributed by atoms with Gasteiger partial charge in [-0.05, 0) is 79.0 Å². The number of ether oxygens (including phenoxy) is 6. The minimum atomic E-state index is -1.15. The Labute approximate surface area is 235 Å². The molecule has 12 heteroatoms. The van der Waals surface area contributed by atoms with E-state index in [-0.39, 0.29) is 31.1 Å². The van der Waals surface area contributed by atoms with Crippen molar-refractivity contribution in [1.29, 1.82) is 0 Å². The van der Waals surface area contributed by atoms with Crippen LogP contribution in [0.25, 0.3) is 0 Å². The second-order valence-electron chi connectivity index (χ2n) is 11.2. The zero-order chi connectivity index (χ0) is 30.5. The summed E-state index contributed by atoms with van der Waals surface area (Å²) < 4.78 is 31.0. The van der Waals surface area contributed by atoms with Crippen LogP contribution in [0, 0.1) is 0 Å². The molecular weight excluding hydrogens is 526 g/mol. The van der Waals surface area contributed by atoms with Crippen molar-refractivity contribution < 1.29 is 52.7 Å². The van der Waals surface area contributed by atoms with Crippen molar-refractivity contribution in [3.05, 3.63) is 23.8 Å². The minimum Gasteiger partial charge on any atom is -0.480 e. The number of hydrogen-bond donors (Lipinski definition) is 2. The van der Waals surface area contributed by atoms with Gasteiger partial charge in [-0.3, -0.25) is 4.79 Å². The Hall–Kier alpha value is -3.54. The molecule has 1 rings (SSSR count). The molecule has 0 heterocycles. The van der Waals surface area contributed by atoms with Crippen molar-refractivity contribution in [1.82, 2.24) is 5.32 Å². The van der Waals surface area contributed by atoms with Crippen molar-refractivity contribution in [2.75, 3.05) is 13.2 Å². The number of unbranched alkanes of at least 4 members (excludes halogenated alkanes) is 2. The summed E-state index contributed by atoms with van der Waals surface area (Å²) in [6, 6.07) is 3.17. The molecule has 0 aliphatic carbocycles. The number of carboxylic acids is 1. The Balaban J connectivity index is 2.96. The van der Waals surface area contributed by atoms with E-state index < -0.39 is 47.8 Å². The number of aliphatic carboxylic acids is 1. The van der Waals surface area contributed by atoms with Crippen LogP contribution < -0.4 is 14.8 Å². The van der Waals surface area contributed by atoms with Gasteiger partial charge in [0.25, 0.3) is 0 Å². The summed E-state index contributed by atoms with van der Waals surface area (Å²) in [6.07, 6.45) is -0.914. The smallest absolute Gasteiger partial charge is 0.480 e. The molecule has 0 amide bonds. The molecule has 1 aromatic rings. The maximum atomic E-state index is 12.3. The highest BCUT2D eigenvalue weighted by atomic mass is 16.8. The Morgan fingerprint density at radius 1 is 0.875 bits per heavy atom. The van der Waals surface area contributed by atoms with Crippen LogP contribution in [-0.4, -0.2) is 66.0 Å². The number of carbonyl (C=O) groups excluding carboxylic acids is 3. The summed E-state index contributed by atoms with van der Waals surface area (Å²) in [5.74, 6) is -1.44. The average molecular weight is 570 g/mol. The number of benzene rings is 1. The maximum absolute atomic E-state index is 12.3. The first kappa shape index (κ1) is 34.5. The lowest BCUT2D eigenvalue weighted by Crippen LogP contribution is -2.42. The van der Waals surface area contributed by atoms with Gasteiger partial charge in [0.15, 0.2) is 11.5 Å². The van der Waals surface area contributed by atoms with Gasteiger partial charge in [0.05, 0.1) is 6.61 Å². The van der Waals surface area contributed by atoms with Crippen LogP contribution >= 0.6 is 0 Å². The molecule has 12 nitrogen and oxygen atoms in total. The number of nitrogens with one attached hydrogen (secondary N) is 1. The van der Waals surface area contributed by atoms with E-state index in [1.165, 1.54) is 18.2 Å². The first-order valence-electron chi connectivity index (χ1n) is 13.2. The third-order valence-electron chi connectivity index (χ3n) is 4.83. The maximum Gasteiger partial charge on any atom is 0.514 e. The average Bonchev–Trinajstić information content (AvgIpc) is 2.78. The summed E-state index contributed by atoms with van der Waals surface area (Å²) in [4.78, 5) is 48.3. The van der Waals surface area contributed by atoms with Gasteiger partial charge in [0.2, 0.25) is 0 Å². The molecule has 0 saturated heterocycles. The van der Waals surface area contributed by atoms with Crippen molar-refractivity contribution in [3.63, 3.8) is 0 Å². The third-order valence-corrected chi connectivity index (χ3v) is 4.83. The van der Waals surface area contributed by atoms with Crippen LogP contribution in [0.4, 0.5) is 14.4 Å². The van der Waals surface area contributed by atoms with Gasteiger partial charge in [0.1, 0.15) is 23.3 Å². The lowest BCUT2D eigenvalue weighted by atomic mass is 10.0. The molecule has 40 heavy (non-hydrogen) atoms. The Bertz CT molecular complexity index is 995. The zero-order valence-corrected chi connectivity index (χ0v) is 24.7. The van der Waals surface area contributed by atoms with Gasteiger partial charge in [-0.2, -0.15) is 0 Å². The monoisotopic (exact) mass is 569 g/mol. The van der Waals surface area contributed by atoms with Crippen LogP contribution in [-0.2, 0) is 30.2 Å². The second-order valence-corrected chi connectivity index (χ2v) is 11.2. The first-order valence-corrected chi connectivity index (χ1v) is 13.2. The zero-order valence-electron chi connectivity index (χ0n) is 24.7. The molecule has 226 valence electrons. The molecular formula is C28H43NO11. The van der Waals surface area contributed by atoms with Crippen molar-refractivity contribution in [2.45, 2.75) is 104 Å². The van der Waals surface area contributed by atoms with Crippen molar-refractivity contribution >= 4 is 24.4 Å². The lowest BCUT2D eigenvalue weighted by molar-refractivity contribution is -0.139. The molecule has 0 saturated carbocycles. The molecule has 0 aromatic heterocycles. The van der Waals surface area contributed by atoms with E-state index in [1.54, 1.807) is 48.5 Å². The molecule has 2 N–H and O–H groups in total.